The van der Waals surface area contributed by atoms with E-state index in [0.29, 0.717) is 5.33 Å². The normalized spacial score (nSPS) is 13.5. The molecule has 1 atom stereocenters. The Bertz CT molecular complexity index is 333. The van der Waals surface area contributed by atoms with Gasteiger partial charge in [-0.05, 0) is 13.8 Å². The van der Waals surface area contributed by atoms with E-state index in [-0.39, 0.29) is 6.61 Å². The molecule has 0 heterocycles. The molecule has 9 heteroatoms. The molecule has 0 aromatic rings. The average molecular weight is 333 g/mol. The number of hydrogen-bond acceptors (Lipinski definition) is 5. The maximum absolute atomic E-state index is 11.5. The Morgan fingerprint density at radius 2 is 2.00 bits per heavy atom. The summed E-state index contributed by atoms with van der Waals surface area (Å²) in [5.41, 5.74) is 0. The Kier molecular flexibility index (Phi) is 7.68. The van der Waals surface area contributed by atoms with Gasteiger partial charge in [0.25, 0.3) is 0 Å². The van der Waals surface area contributed by atoms with Crippen LogP contribution in [-0.2, 0) is 19.7 Å². The quantitative estimate of drug-likeness (QED) is 0.657. The van der Waals surface area contributed by atoms with E-state index in [1.54, 1.807) is 18.6 Å². The lowest BCUT2D eigenvalue weighted by Gasteiger charge is -2.16. The first-order chi connectivity index (χ1) is 7.80. The molecule has 0 fully saturated rings. The molecule has 1 amide bonds. The minimum atomic E-state index is -3.94. The van der Waals surface area contributed by atoms with E-state index >= 15 is 0 Å². The summed E-state index contributed by atoms with van der Waals surface area (Å²) in [6.45, 7) is 3.42. The molecule has 0 aromatic heterocycles. The Balaban J connectivity index is 4.32. The highest BCUT2D eigenvalue weighted by molar-refractivity contribution is 9.09. The van der Waals surface area contributed by atoms with Crippen LogP contribution in [0.5, 0.6) is 0 Å². The van der Waals surface area contributed by atoms with Crippen molar-refractivity contribution < 1.29 is 22.7 Å². The van der Waals surface area contributed by atoms with Gasteiger partial charge in [0, 0.05) is 12.4 Å². The molecule has 102 valence electrons. The summed E-state index contributed by atoms with van der Waals surface area (Å²) < 4.78 is 36.4. The molecule has 0 saturated heterocycles. The first-order valence-corrected chi connectivity index (χ1v) is 7.46. The van der Waals surface area contributed by atoms with E-state index < -0.39 is 28.4 Å². The molecule has 1 unspecified atom stereocenters. The Morgan fingerprint density at radius 1 is 1.41 bits per heavy atom. The number of carbonyl (C=O) groups is 1. The van der Waals surface area contributed by atoms with Crippen LogP contribution < -0.4 is 9.44 Å². The van der Waals surface area contributed by atoms with Gasteiger partial charge in [0.15, 0.2) is 0 Å². The van der Waals surface area contributed by atoms with Gasteiger partial charge in [0.2, 0.25) is 0 Å². The summed E-state index contributed by atoms with van der Waals surface area (Å²) >= 11 is 3.13. The van der Waals surface area contributed by atoms with Crippen molar-refractivity contribution >= 4 is 32.2 Å². The molecule has 0 bridgehead atoms. The van der Waals surface area contributed by atoms with E-state index in [1.165, 1.54) is 7.11 Å². The number of carbonyl (C=O) groups excluding carboxylic acids is 1. The summed E-state index contributed by atoms with van der Waals surface area (Å²) in [6, 6.07) is -0.468. The van der Waals surface area contributed by atoms with Crippen molar-refractivity contribution in [3.05, 3.63) is 0 Å². The van der Waals surface area contributed by atoms with E-state index in [1.807, 2.05) is 0 Å². The van der Waals surface area contributed by atoms with Gasteiger partial charge < -0.3 is 9.47 Å². The molecule has 17 heavy (non-hydrogen) atoms. The van der Waals surface area contributed by atoms with Crippen molar-refractivity contribution in [2.75, 3.05) is 19.0 Å². The van der Waals surface area contributed by atoms with Crippen LogP contribution in [0.3, 0.4) is 0 Å². The van der Waals surface area contributed by atoms with E-state index in [0.717, 1.165) is 0 Å². The second-order valence-corrected chi connectivity index (χ2v) is 5.58. The molecule has 7 nitrogen and oxygen atoms in total. The lowest BCUT2D eigenvalue weighted by Crippen LogP contribution is -2.47. The molecule has 0 radical (unpaired) electrons. The van der Waals surface area contributed by atoms with Gasteiger partial charge in [-0.2, -0.15) is 13.1 Å². The summed E-state index contributed by atoms with van der Waals surface area (Å²) in [5, 5.41) is 0.362. The molecule has 2 N–H and O–H groups in total. The highest BCUT2D eigenvalue weighted by Gasteiger charge is 2.20. The number of methoxy groups -OCH3 is 1. The summed E-state index contributed by atoms with van der Waals surface area (Å²) in [7, 11) is -2.50. The third-order valence-corrected chi connectivity index (χ3v) is 3.30. The molecular formula is C8H17BrN2O5S. The third kappa shape index (κ3) is 8.36. The number of halogens is 1. The van der Waals surface area contributed by atoms with Gasteiger partial charge in [-0.3, -0.25) is 0 Å². The predicted octanol–water partition coefficient (Wildman–Crippen LogP) is 0.365. The van der Waals surface area contributed by atoms with Crippen LogP contribution in [0, 0.1) is 0 Å². The van der Waals surface area contributed by atoms with Crippen molar-refractivity contribution in [2.45, 2.75) is 26.0 Å². The fourth-order valence-corrected chi connectivity index (χ4v) is 2.39. The fourth-order valence-electron chi connectivity index (χ4n) is 0.908. The Labute approximate surface area is 110 Å². The molecule has 0 aliphatic carbocycles. The molecule has 0 aliphatic rings. The SMILES string of the molecule is COCC(CBr)NS(=O)(=O)NC(=O)OC(C)C. The van der Waals surface area contributed by atoms with Crippen LogP contribution in [0.4, 0.5) is 4.79 Å². The van der Waals surface area contributed by atoms with Gasteiger partial charge in [0.05, 0.1) is 18.8 Å². The molecule has 0 aromatic carbocycles. The number of amides is 1. The van der Waals surface area contributed by atoms with Gasteiger partial charge in [-0.1, -0.05) is 15.9 Å². The maximum Gasteiger partial charge on any atom is 0.422 e. The standard InChI is InChI=1S/C8H17BrN2O5S/c1-6(2)16-8(12)11-17(13,14)10-7(4-9)5-15-3/h6-7,10H,4-5H2,1-3H3,(H,11,12). The molecule has 0 spiro atoms. The number of rotatable bonds is 7. The first kappa shape index (κ1) is 16.6. The van der Waals surface area contributed by atoms with Gasteiger partial charge in [-0.15, -0.1) is 0 Å². The van der Waals surface area contributed by atoms with Gasteiger partial charge >= 0.3 is 16.3 Å². The number of ether oxygens (including phenoxy) is 2. The zero-order chi connectivity index (χ0) is 13.5. The first-order valence-electron chi connectivity index (χ1n) is 4.86. The van der Waals surface area contributed by atoms with Crippen molar-refractivity contribution in [1.82, 2.24) is 9.44 Å². The number of hydrogen-bond donors (Lipinski definition) is 2. The van der Waals surface area contributed by atoms with Crippen LogP contribution in [0.1, 0.15) is 13.8 Å². The molecule has 0 aliphatic heterocycles. The van der Waals surface area contributed by atoms with E-state index in [9.17, 15) is 13.2 Å². The third-order valence-electron chi connectivity index (χ3n) is 1.44. The zero-order valence-corrected chi connectivity index (χ0v) is 12.3. The van der Waals surface area contributed by atoms with Crippen molar-refractivity contribution in [3.63, 3.8) is 0 Å². The average Bonchev–Trinajstić information content (AvgIpc) is 2.14. The Morgan fingerprint density at radius 3 is 2.41 bits per heavy atom. The molecule has 0 saturated carbocycles. The maximum atomic E-state index is 11.5. The van der Waals surface area contributed by atoms with Crippen LogP contribution in [0.15, 0.2) is 0 Å². The summed E-state index contributed by atoms with van der Waals surface area (Å²) in [5.74, 6) is 0. The second-order valence-electron chi connectivity index (χ2n) is 3.48. The smallest absolute Gasteiger partial charge is 0.422 e. The number of alkyl halides is 1. The topological polar surface area (TPSA) is 93.7 Å². The fraction of sp³-hybridized carbons (Fsp3) is 0.875. The van der Waals surface area contributed by atoms with Crippen molar-refractivity contribution in [3.8, 4) is 0 Å². The minimum Gasteiger partial charge on any atom is -0.446 e. The lowest BCUT2D eigenvalue weighted by molar-refractivity contribution is 0.121. The van der Waals surface area contributed by atoms with E-state index in [4.69, 9.17) is 4.74 Å². The van der Waals surface area contributed by atoms with Crippen molar-refractivity contribution in [1.29, 1.82) is 0 Å². The van der Waals surface area contributed by atoms with E-state index in [2.05, 4.69) is 25.4 Å². The van der Waals surface area contributed by atoms with Crippen molar-refractivity contribution in [2.24, 2.45) is 0 Å². The van der Waals surface area contributed by atoms with Crippen LogP contribution in [0.2, 0.25) is 0 Å². The highest BCUT2D eigenvalue weighted by Crippen LogP contribution is 1.95. The zero-order valence-electron chi connectivity index (χ0n) is 9.90. The van der Waals surface area contributed by atoms with Gasteiger partial charge in [0.1, 0.15) is 0 Å². The summed E-state index contributed by atoms with van der Waals surface area (Å²) in [4.78, 5) is 11.1. The highest BCUT2D eigenvalue weighted by atomic mass is 79.9. The second kappa shape index (κ2) is 7.85. The van der Waals surface area contributed by atoms with Crippen LogP contribution in [0.25, 0.3) is 0 Å². The monoisotopic (exact) mass is 332 g/mol. The predicted molar refractivity (Wildman–Crippen MR) is 66.3 cm³/mol. The van der Waals surface area contributed by atoms with Crippen LogP contribution in [-0.4, -0.2) is 45.7 Å². The molecular weight excluding hydrogens is 316 g/mol. The lowest BCUT2D eigenvalue weighted by atomic mass is 10.4. The van der Waals surface area contributed by atoms with Gasteiger partial charge in [-0.25, -0.2) is 9.52 Å². The van der Waals surface area contributed by atoms with Crippen LogP contribution >= 0.6 is 15.9 Å². The minimum absolute atomic E-state index is 0.186. The Hall–Kier alpha value is -0.380. The molecule has 0 rings (SSSR count). The largest absolute Gasteiger partial charge is 0.446 e. The number of nitrogens with one attached hydrogen (secondary N) is 2. The summed E-state index contributed by atoms with van der Waals surface area (Å²) in [6.07, 6.45) is -1.41.